The molecule has 0 aliphatic heterocycles. The summed E-state index contributed by atoms with van der Waals surface area (Å²) < 4.78 is 5.52. The maximum absolute atomic E-state index is 12.1. The summed E-state index contributed by atoms with van der Waals surface area (Å²) in [6, 6.07) is 7.04. The number of carboxylic acid groups (broad SMARTS) is 1. The van der Waals surface area contributed by atoms with E-state index in [1.807, 2.05) is 0 Å². The third-order valence-electron chi connectivity index (χ3n) is 3.78. The lowest BCUT2D eigenvalue weighted by Gasteiger charge is -2.34. The van der Waals surface area contributed by atoms with E-state index in [1.165, 1.54) is 4.90 Å². The van der Waals surface area contributed by atoms with E-state index < -0.39 is 17.8 Å². The number of carboxylic acids is 1. The molecular formula is C15H18ClNO4. The molecule has 1 N–H and O–H groups in total. The van der Waals surface area contributed by atoms with Crippen molar-refractivity contribution in [3.63, 3.8) is 0 Å². The van der Waals surface area contributed by atoms with E-state index in [-0.39, 0.29) is 5.91 Å². The number of benzene rings is 1. The van der Waals surface area contributed by atoms with E-state index >= 15 is 0 Å². The first kappa shape index (κ1) is 15.6. The minimum absolute atomic E-state index is 0.122. The Balaban J connectivity index is 1.78. The van der Waals surface area contributed by atoms with E-state index in [0.29, 0.717) is 36.8 Å². The summed E-state index contributed by atoms with van der Waals surface area (Å²) >= 11 is 5.85. The molecule has 0 radical (unpaired) electrons. The van der Waals surface area contributed by atoms with Crippen LogP contribution in [-0.2, 0) is 9.59 Å². The van der Waals surface area contributed by atoms with Gasteiger partial charge >= 0.3 is 5.97 Å². The van der Waals surface area contributed by atoms with Gasteiger partial charge in [0, 0.05) is 12.1 Å². The van der Waals surface area contributed by atoms with Crippen molar-refractivity contribution in [2.75, 3.05) is 20.2 Å². The maximum Gasteiger partial charge on any atom is 0.307 e. The lowest BCUT2D eigenvalue weighted by Crippen LogP contribution is -2.45. The monoisotopic (exact) mass is 311 g/mol. The number of carbonyl (C=O) groups is 2. The van der Waals surface area contributed by atoms with E-state index in [9.17, 15) is 9.59 Å². The molecule has 1 amide bonds. The molecule has 5 nitrogen and oxygen atoms in total. The number of aliphatic carboxylic acids is 1. The van der Waals surface area contributed by atoms with Gasteiger partial charge in [0.15, 0.2) is 0 Å². The van der Waals surface area contributed by atoms with Gasteiger partial charge in [-0.15, -0.1) is 0 Å². The van der Waals surface area contributed by atoms with Crippen molar-refractivity contribution in [2.45, 2.75) is 12.8 Å². The van der Waals surface area contributed by atoms with Crippen LogP contribution in [0.3, 0.4) is 0 Å². The predicted molar refractivity (Wildman–Crippen MR) is 78.4 cm³/mol. The summed E-state index contributed by atoms with van der Waals surface area (Å²) in [5, 5.41) is 9.57. The van der Waals surface area contributed by atoms with Gasteiger partial charge < -0.3 is 14.7 Å². The van der Waals surface area contributed by atoms with Crippen LogP contribution in [0.15, 0.2) is 24.3 Å². The van der Waals surface area contributed by atoms with Crippen LogP contribution in [0.1, 0.15) is 12.8 Å². The second-order valence-electron chi connectivity index (χ2n) is 5.19. The van der Waals surface area contributed by atoms with Crippen LogP contribution in [0.25, 0.3) is 0 Å². The second kappa shape index (κ2) is 6.80. The smallest absolute Gasteiger partial charge is 0.307 e. The number of likely N-dealkylation sites (N-methyl/N-ethyl adjacent to an activating group) is 1. The van der Waals surface area contributed by atoms with Crippen LogP contribution in [0, 0.1) is 11.8 Å². The molecule has 1 aliphatic carbocycles. The molecule has 0 saturated heterocycles. The Bertz CT molecular complexity index is 534. The minimum Gasteiger partial charge on any atom is -0.492 e. The highest BCUT2D eigenvalue weighted by Crippen LogP contribution is 2.35. The average Bonchev–Trinajstić information content (AvgIpc) is 2.36. The SMILES string of the molecule is CN(CCOc1cccc(Cl)c1)C(=O)C1CCC1C(=O)O. The molecule has 2 atom stereocenters. The molecule has 1 fully saturated rings. The topological polar surface area (TPSA) is 66.8 Å². The molecule has 6 heteroatoms. The fraction of sp³-hybridized carbons (Fsp3) is 0.467. The number of nitrogens with zero attached hydrogens (tertiary/aromatic N) is 1. The van der Waals surface area contributed by atoms with Gasteiger partial charge in [-0.3, -0.25) is 9.59 Å². The number of halogens is 1. The Morgan fingerprint density at radius 2 is 2.10 bits per heavy atom. The van der Waals surface area contributed by atoms with E-state index in [0.717, 1.165) is 0 Å². The Hall–Kier alpha value is -1.75. The third-order valence-corrected chi connectivity index (χ3v) is 4.01. The molecule has 114 valence electrons. The lowest BCUT2D eigenvalue weighted by atomic mass is 9.73. The Kier molecular flexibility index (Phi) is 5.07. The zero-order valence-corrected chi connectivity index (χ0v) is 12.5. The fourth-order valence-electron chi connectivity index (χ4n) is 2.34. The van der Waals surface area contributed by atoms with Gasteiger partial charge in [-0.1, -0.05) is 17.7 Å². The first-order valence-electron chi connectivity index (χ1n) is 6.85. The summed E-state index contributed by atoms with van der Waals surface area (Å²) in [6.07, 6.45) is 1.23. The van der Waals surface area contributed by atoms with Crippen molar-refractivity contribution in [2.24, 2.45) is 11.8 Å². The van der Waals surface area contributed by atoms with Crippen molar-refractivity contribution in [3.05, 3.63) is 29.3 Å². The highest BCUT2D eigenvalue weighted by Gasteiger charge is 2.42. The van der Waals surface area contributed by atoms with Gasteiger partial charge in [-0.05, 0) is 31.0 Å². The van der Waals surface area contributed by atoms with Crippen molar-refractivity contribution in [1.29, 1.82) is 0 Å². The molecule has 1 aromatic carbocycles. The van der Waals surface area contributed by atoms with Gasteiger partial charge in [0.05, 0.1) is 18.4 Å². The van der Waals surface area contributed by atoms with Crippen molar-refractivity contribution in [3.8, 4) is 5.75 Å². The average molecular weight is 312 g/mol. The highest BCUT2D eigenvalue weighted by molar-refractivity contribution is 6.30. The minimum atomic E-state index is -0.886. The number of amides is 1. The van der Waals surface area contributed by atoms with Crippen LogP contribution in [0.5, 0.6) is 5.75 Å². The standard InChI is InChI=1S/C15H18ClNO4/c1-17(14(18)12-5-6-13(12)15(19)20)7-8-21-11-4-2-3-10(16)9-11/h2-4,9,12-13H,5-8H2,1H3,(H,19,20). The normalized spacial score (nSPS) is 20.5. The number of carbonyl (C=O) groups excluding carboxylic acids is 1. The molecule has 21 heavy (non-hydrogen) atoms. The summed E-state index contributed by atoms with van der Waals surface area (Å²) in [7, 11) is 1.67. The van der Waals surface area contributed by atoms with Crippen LogP contribution in [0.4, 0.5) is 0 Å². The number of hydrogen-bond donors (Lipinski definition) is 1. The zero-order chi connectivity index (χ0) is 15.4. The van der Waals surface area contributed by atoms with Crippen molar-refractivity contribution in [1.82, 2.24) is 4.90 Å². The third kappa shape index (κ3) is 3.88. The molecule has 0 spiro atoms. The van der Waals surface area contributed by atoms with Gasteiger partial charge in [0.1, 0.15) is 12.4 Å². The van der Waals surface area contributed by atoms with Crippen LogP contribution in [0.2, 0.25) is 5.02 Å². The van der Waals surface area contributed by atoms with Gasteiger partial charge in [0.25, 0.3) is 0 Å². The van der Waals surface area contributed by atoms with Crippen LogP contribution < -0.4 is 4.74 Å². The highest BCUT2D eigenvalue weighted by atomic mass is 35.5. The van der Waals surface area contributed by atoms with E-state index in [1.54, 1.807) is 31.3 Å². The van der Waals surface area contributed by atoms with Crippen LogP contribution in [-0.4, -0.2) is 42.1 Å². The van der Waals surface area contributed by atoms with Crippen molar-refractivity contribution < 1.29 is 19.4 Å². The fourth-order valence-corrected chi connectivity index (χ4v) is 2.52. The van der Waals surface area contributed by atoms with E-state index in [4.69, 9.17) is 21.4 Å². The van der Waals surface area contributed by atoms with Crippen LogP contribution >= 0.6 is 11.6 Å². The summed E-state index contributed by atoms with van der Waals surface area (Å²) in [5.74, 6) is -1.28. The predicted octanol–water partition coefficient (Wildman–Crippen LogP) is 2.29. The van der Waals surface area contributed by atoms with Crippen molar-refractivity contribution >= 4 is 23.5 Å². The Labute approximate surface area is 128 Å². The molecular weight excluding hydrogens is 294 g/mol. The first-order valence-corrected chi connectivity index (χ1v) is 7.23. The largest absolute Gasteiger partial charge is 0.492 e. The molecule has 2 unspecified atom stereocenters. The molecule has 2 rings (SSSR count). The lowest BCUT2D eigenvalue weighted by molar-refractivity contribution is -0.156. The summed E-state index contributed by atoms with van der Waals surface area (Å²) in [6.45, 7) is 0.751. The van der Waals surface area contributed by atoms with Gasteiger partial charge in [-0.2, -0.15) is 0 Å². The van der Waals surface area contributed by atoms with Gasteiger partial charge in [0.2, 0.25) is 5.91 Å². The molecule has 1 saturated carbocycles. The zero-order valence-electron chi connectivity index (χ0n) is 11.8. The summed E-state index contributed by atoms with van der Waals surface area (Å²) in [4.78, 5) is 24.6. The first-order chi connectivity index (χ1) is 9.99. The number of ether oxygens (including phenoxy) is 1. The second-order valence-corrected chi connectivity index (χ2v) is 5.63. The van der Waals surface area contributed by atoms with E-state index in [2.05, 4.69) is 0 Å². The molecule has 0 heterocycles. The Morgan fingerprint density at radius 1 is 1.38 bits per heavy atom. The number of rotatable bonds is 6. The Morgan fingerprint density at radius 3 is 2.67 bits per heavy atom. The molecule has 0 aromatic heterocycles. The molecule has 0 bridgehead atoms. The quantitative estimate of drug-likeness (QED) is 0.875. The molecule has 1 aliphatic rings. The maximum atomic E-state index is 12.1. The number of hydrogen-bond acceptors (Lipinski definition) is 3. The summed E-state index contributed by atoms with van der Waals surface area (Å²) in [5.41, 5.74) is 0. The van der Waals surface area contributed by atoms with Gasteiger partial charge in [-0.25, -0.2) is 0 Å². The molecule has 1 aromatic rings.